The van der Waals surface area contributed by atoms with Crippen molar-refractivity contribution >= 4 is 23.4 Å². The number of nitriles is 1. The van der Waals surface area contributed by atoms with E-state index in [1.807, 2.05) is 6.07 Å². The van der Waals surface area contributed by atoms with E-state index in [-0.39, 0.29) is 17.9 Å². The summed E-state index contributed by atoms with van der Waals surface area (Å²) in [6, 6.07) is 1.93. The maximum Gasteiger partial charge on any atom is 0.337 e. The number of carboxylic acids is 1. The third kappa shape index (κ3) is 2.88. The van der Waals surface area contributed by atoms with E-state index in [2.05, 4.69) is 10.3 Å². The second-order valence-corrected chi connectivity index (χ2v) is 4.41. The molecule has 0 amide bonds. The monoisotopic (exact) mass is 269 g/mol. The lowest BCUT2D eigenvalue weighted by atomic mass is 10.1. The summed E-state index contributed by atoms with van der Waals surface area (Å²) < 4.78 is 0. The molecule has 0 saturated carbocycles. The number of halogens is 1. The van der Waals surface area contributed by atoms with Gasteiger partial charge in [0.05, 0.1) is 17.1 Å². The molecule has 96 valence electrons. The molecule has 1 unspecified atom stereocenters. The topological polar surface area (TPSA) is 106 Å². The molecule has 0 spiro atoms. The predicted molar refractivity (Wildman–Crippen MR) is 65.4 cm³/mol. The number of nitrogens with zero attached hydrogens (tertiary/aromatic N) is 2. The number of anilines is 1. The predicted octanol–water partition coefficient (Wildman–Crippen LogP) is 1.16. The lowest BCUT2D eigenvalue weighted by Crippen LogP contribution is -2.42. The Kier molecular flexibility index (Phi) is 4.11. The molecular formula is C11H12ClN3O3. The Labute approximate surface area is 109 Å². The molecule has 0 aliphatic heterocycles. The minimum atomic E-state index is -1.94. The first-order valence-corrected chi connectivity index (χ1v) is 5.42. The number of carbonyl (C=O) groups is 1. The van der Waals surface area contributed by atoms with Gasteiger partial charge in [0.2, 0.25) is 0 Å². The van der Waals surface area contributed by atoms with Gasteiger partial charge >= 0.3 is 5.97 Å². The van der Waals surface area contributed by atoms with Crippen molar-refractivity contribution in [2.45, 2.75) is 19.4 Å². The first kappa shape index (κ1) is 14.2. The van der Waals surface area contributed by atoms with E-state index in [0.717, 1.165) is 6.92 Å². The van der Waals surface area contributed by atoms with Crippen molar-refractivity contribution < 1.29 is 15.0 Å². The highest BCUT2D eigenvalue weighted by Crippen LogP contribution is 2.23. The molecule has 0 saturated heterocycles. The van der Waals surface area contributed by atoms with Crippen LogP contribution in [0.2, 0.25) is 5.02 Å². The molecule has 18 heavy (non-hydrogen) atoms. The second-order valence-electron chi connectivity index (χ2n) is 4.00. The Morgan fingerprint density at radius 1 is 1.72 bits per heavy atom. The molecule has 1 atom stereocenters. The Balaban J connectivity index is 2.97. The number of aromatic nitrogens is 1. The maximum absolute atomic E-state index is 10.7. The first-order valence-electron chi connectivity index (χ1n) is 5.04. The summed E-state index contributed by atoms with van der Waals surface area (Å²) in [5.74, 6) is -1.17. The zero-order valence-corrected chi connectivity index (χ0v) is 10.6. The lowest BCUT2D eigenvalue weighted by Gasteiger charge is -2.19. The molecule has 1 heterocycles. The van der Waals surface area contributed by atoms with Crippen LogP contribution < -0.4 is 5.32 Å². The van der Waals surface area contributed by atoms with Crippen molar-refractivity contribution in [3.05, 3.63) is 22.3 Å². The van der Waals surface area contributed by atoms with Crippen LogP contribution in [0.5, 0.6) is 0 Å². The van der Waals surface area contributed by atoms with Crippen LogP contribution in [0.4, 0.5) is 5.82 Å². The van der Waals surface area contributed by atoms with Crippen LogP contribution in [0.1, 0.15) is 18.1 Å². The Morgan fingerprint density at radius 3 is 2.83 bits per heavy atom. The quantitative estimate of drug-likeness (QED) is 0.757. The molecule has 1 aromatic heterocycles. The van der Waals surface area contributed by atoms with Crippen LogP contribution in [0.25, 0.3) is 0 Å². The Bertz CT molecular complexity index is 523. The number of nitrogens with one attached hydrogen (secondary N) is 1. The van der Waals surface area contributed by atoms with Crippen LogP contribution in [0, 0.1) is 18.3 Å². The van der Waals surface area contributed by atoms with Gasteiger partial charge in [0, 0.05) is 6.20 Å². The number of carboxylic acid groups (broad SMARTS) is 1. The summed E-state index contributed by atoms with van der Waals surface area (Å²) in [5, 5.41) is 30.3. The molecule has 6 nitrogen and oxygen atoms in total. The van der Waals surface area contributed by atoms with E-state index in [9.17, 15) is 9.90 Å². The molecule has 0 fully saturated rings. The molecular weight excluding hydrogens is 258 g/mol. The van der Waals surface area contributed by atoms with Gasteiger partial charge < -0.3 is 15.5 Å². The summed E-state index contributed by atoms with van der Waals surface area (Å²) in [4.78, 5) is 14.6. The fraction of sp³-hybridized carbons (Fsp3) is 0.364. The van der Waals surface area contributed by atoms with E-state index < -0.39 is 11.6 Å². The van der Waals surface area contributed by atoms with Gasteiger partial charge in [0.15, 0.2) is 5.60 Å². The molecule has 0 bridgehead atoms. The van der Waals surface area contributed by atoms with Crippen molar-refractivity contribution in [3.8, 4) is 6.07 Å². The fourth-order valence-electron chi connectivity index (χ4n) is 1.18. The van der Waals surface area contributed by atoms with Crippen molar-refractivity contribution in [1.29, 1.82) is 5.26 Å². The fourth-order valence-corrected chi connectivity index (χ4v) is 1.33. The van der Waals surface area contributed by atoms with Gasteiger partial charge in [-0.2, -0.15) is 5.26 Å². The minimum Gasteiger partial charge on any atom is -0.479 e. The number of hydrogen-bond donors (Lipinski definition) is 3. The van der Waals surface area contributed by atoms with Crippen LogP contribution in [0.15, 0.2) is 6.20 Å². The SMILES string of the molecule is Cc1c(Cl)cnc(NCC(C)(O)C(=O)O)c1C#N. The molecule has 0 aliphatic rings. The minimum absolute atomic E-state index is 0.195. The molecule has 0 radical (unpaired) electrons. The van der Waals surface area contributed by atoms with Gasteiger partial charge in [-0.05, 0) is 19.4 Å². The molecule has 1 rings (SSSR count). The third-order valence-corrected chi connectivity index (χ3v) is 2.83. The van der Waals surface area contributed by atoms with Crippen LogP contribution in [-0.4, -0.2) is 33.3 Å². The smallest absolute Gasteiger partial charge is 0.337 e. The molecule has 3 N–H and O–H groups in total. The summed E-state index contributed by atoms with van der Waals surface area (Å²) in [7, 11) is 0. The Morgan fingerprint density at radius 2 is 2.33 bits per heavy atom. The molecule has 0 aromatic carbocycles. The number of pyridine rings is 1. The van der Waals surface area contributed by atoms with Gasteiger partial charge in [-0.1, -0.05) is 11.6 Å². The van der Waals surface area contributed by atoms with Crippen molar-refractivity contribution in [3.63, 3.8) is 0 Å². The highest BCUT2D eigenvalue weighted by atomic mass is 35.5. The standard InChI is InChI=1S/C11H12ClN3O3/c1-6-7(3-13)9(14-4-8(6)12)15-5-11(2,18)10(16)17/h4,18H,5H2,1-2H3,(H,14,15)(H,16,17). The van der Waals surface area contributed by atoms with Crippen molar-refractivity contribution in [2.24, 2.45) is 0 Å². The van der Waals surface area contributed by atoms with Crippen LogP contribution in [0.3, 0.4) is 0 Å². The van der Waals surface area contributed by atoms with E-state index in [4.69, 9.17) is 22.0 Å². The van der Waals surface area contributed by atoms with Crippen LogP contribution in [-0.2, 0) is 4.79 Å². The van der Waals surface area contributed by atoms with E-state index in [1.54, 1.807) is 6.92 Å². The number of hydrogen-bond acceptors (Lipinski definition) is 5. The number of rotatable bonds is 4. The highest BCUT2D eigenvalue weighted by Gasteiger charge is 2.30. The highest BCUT2D eigenvalue weighted by molar-refractivity contribution is 6.31. The Hall–Kier alpha value is -1.84. The largest absolute Gasteiger partial charge is 0.479 e. The zero-order chi connectivity index (χ0) is 13.9. The second kappa shape index (κ2) is 5.21. The van der Waals surface area contributed by atoms with E-state index in [1.165, 1.54) is 6.20 Å². The van der Waals surface area contributed by atoms with E-state index in [0.29, 0.717) is 10.6 Å². The average molecular weight is 270 g/mol. The van der Waals surface area contributed by atoms with Gasteiger partial charge in [0.1, 0.15) is 11.9 Å². The van der Waals surface area contributed by atoms with Gasteiger partial charge in [-0.25, -0.2) is 9.78 Å². The van der Waals surface area contributed by atoms with Gasteiger partial charge in [0.25, 0.3) is 0 Å². The average Bonchev–Trinajstić information content (AvgIpc) is 2.30. The lowest BCUT2D eigenvalue weighted by molar-refractivity contribution is -0.155. The summed E-state index contributed by atoms with van der Waals surface area (Å²) in [5.41, 5.74) is -1.17. The summed E-state index contributed by atoms with van der Waals surface area (Å²) in [6.07, 6.45) is 1.36. The zero-order valence-electron chi connectivity index (χ0n) is 9.86. The number of aliphatic hydroxyl groups is 1. The molecule has 1 aromatic rings. The summed E-state index contributed by atoms with van der Waals surface area (Å²) in [6.45, 7) is 2.53. The van der Waals surface area contributed by atoms with Crippen molar-refractivity contribution in [1.82, 2.24) is 4.98 Å². The molecule has 0 aliphatic carbocycles. The van der Waals surface area contributed by atoms with E-state index >= 15 is 0 Å². The summed E-state index contributed by atoms with van der Waals surface area (Å²) >= 11 is 5.82. The van der Waals surface area contributed by atoms with Crippen LogP contribution >= 0.6 is 11.6 Å². The third-order valence-electron chi connectivity index (χ3n) is 2.45. The maximum atomic E-state index is 10.7. The first-order chi connectivity index (χ1) is 8.29. The van der Waals surface area contributed by atoms with Crippen molar-refractivity contribution in [2.75, 3.05) is 11.9 Å². The normalized spacial score (nSPS) is 13.5. The number of aliphatic carboxylic acids is 1. The molecule has 7 heteroatoms. The van der Waals surface area contributed by atoms with Gasteiger partial charge in [-0.3, -0.25) is 0 Å². The van der Waals surface area contributed by atoms with Gasteiger partial charge in [-0.15, -0.1) is 0 Å².